The lowest BCUT2D eigenvalue weighted by Crippen LogP contribution is -2.14. The minimum absolute atomic E-state index is 0.0829. The van der Waals surface area contributed by atoms with Crippen molar-refractivity contribution in [1.29, 1.82) is 0 Å². The Bertz CT molecular complexity index is 976. The van der Waals surface area contributed by atoms with Gasteiger partial charge < -0.3 is 10.1 Å². The van der Waals surface area contributed by atoms with Gasteiger partial charge in [-0.25, -0.2) is 4.68 Å². The first-order valence-electron chi connectivity index (χ1n) is 8.36. The maximum atomic E-state index is 12.2. The van der Waals surface area contributed by atoms with E-state index in [1.807, 2.05) is 36.5 Å². The average molecular weight is 398 g/mol. The predicted octanol–water partition coefficient (Wildman–Crippen LogP) is 3.66. The first-order valence-corrected chi connectivity index (χ1v) is 9.51. The summed E-state index contributed by atoms with van der Waals surface area (Å²) in [5.41, 5.74) is 2.20. The number of thioether (sulfide) groups is 1. The van der Waals surface area contributed by atoms with Crippen molar-refractivity contribution in [3.05, 3.63) is 76.6 Å². The molecule has 0 aliphatic carbocycles. The number of benzene rings is 2. The Morgan fingerprint density at radius 3 is 2.86 bits per heavy atom. The molecule has 0 spiro atoms. The number of nitro benzene ring substituents is 1. The number of hydrogen-bond donors (Lipinski definition) is 1. The zero-order valence-electron chi connectivity index (χ0n) is 15.1. The van der Waals surface area contributed by atoms with Crippen molar-refractivity contribution in [3.8, 4) is 11.4 Å². The normalized spacial score (nSPS) is 10.5. The van der Waals surface area contributed by atoms with E-state index in [0.717, 1.165) is 11.3 Å². The van der Waals surface area contributed by atoms with E-state index in [0.29, 0.717) is 11.4 Å². The number of methoxy groups -OCH3 is 1. The summed E-state index contributed by atoms with van der Waals surface area (Å²) < 4.78 is 6.70. The molecule has 144 valence electrons. The minimum Gasteiger partial charge on any atom is -0.490 e. The summed E-state index contributed by atoms with van der Waals surface area (Å²) in [6.45, 7) is 0. The predicted molar refractivity (Wildman–Crippen MR) is 108 cm³/mol. The molecule has 3 aromatic rings. The van der Waals surface area contributed by atoms with E-state index in [1.165, 1.54) is 24.9 Å². The lowest BCUT2D eigenvalue weighted by atomic mass is 10.2. The number of nitro groups is 1. The van der Waals surface area contributed by atoms with Crippen LogP contribution in [-0.4, -0.2) is 33.5 Å². The number of nitrogens with one attached hydrogen (secondary N) is 1. The monoisotopic (exact) mass is 398 g/mol. The molecule has 0 radical (unpaired) electrons. The van der Waals surface area contributed by atoms with Crippen LogP contribution in [0.4, 0.5) is 11.4 Å². The fraction of sp³-hybridized carbons (Fsp3) is 0.158. The zero-order chi connectivity index (χ0) is 19.9. The number of hydrogen-bond acceptors (Lipinski definition) is 6. The molecule has 0 saturated heterocycles. The van der Waals surface area contributed by atoms with Crippen molar-refractivity contribution in [2.45, 2.75) is 5.75 Å². The lowest BCUT2D eigenvalue weighted by Gasteiger charge is -2.08. The molecule has 0 fully saturated rings. The molecule has 9 heteroatoms. The fourth-order valence-corrected chi connectivity index (χ4v) is 3.35. The molecular weight excluding hydrogens is 380 g/mol. The summed E-state index contributed by atoms with van der Waals surface area (Å²) in [6.07, 6.45) is 3.51. The number of ether oxygens (including phenoxy) is 1. The molecule has 8 nitrogen and oxygen atoms in total. The van der Waals surface area contributed by atoms with Crippen LogP contribution in [-0.2, 0) is 10.5 Å². The van der Waals surface area contributed by atoms with Gasteiger partial charge in [0.05, 0.1) is 23.5 Å². The third kappa shape index (κ3) is 4.89. The molecule has 1 heterocycles. The van der Waals surface area contributed by atoms with Gasteiger partial charge in [-0.2, -0.15) is 5.10 Å². The van der Waals surface area contributed by atoms with E-state index in [1.54, 1.807) is 23.0 Å². The first kappa shape index (κ1) is 19.4. The molecule has 0 saturated carbocycles. The van der Waals surface area contributed by atoms with Crippen LogP contribution >= 0.6 is 11.8 Å². The van der Waals surface area contributed by atoms with Crippen molar-refractivity contribution >= 4 is 29.0 Å². The molecule has 0 atom stereocenters. The Morgan fingerprint density at radius 1 is 1.29 bits per heavy atom. The number of nitrogens with zero attached hydrogens (tertiary/aromatic N) is 3. The lowest BCUT2D eigenvalue weighted by molar-refractivity contribution is -0.385. The van der Waals surface area contributed by atoms with Gasteiger partial charge in [-0.05, 0) is 35.9 Å². The number of anilines is 1. The molecule has 28 heavy (non-hydrogen) atoms. The van der Waals surface area contributed by atoms with Gasteiger partial charge in [-0.3, -0.25) is 14.9 Å². The molecule has 3 rings (SSSR count). The van der Waals surface area contributed by atoms with Gasteiger partial charge in [0.2, 0.25) is 5.91 Å². The number of rotatable bonds is 8. The van der Waals surface area contributed by atoms with E-state index in [2.05, 4.69) is 10.4 Å². The van der Waals surface area contributed by atoms with Gasteiger partial charge in [0.1, 0.15) is 0 Å². The Labute approximate surface area is 165 Å². The summed E-state index contributed by atoms with van der Waals surface area (Å²) >= 11 is 1.38. The third-order valence-electron chi connectivity index (χ3n) is 3.84. The number of carbonyl (C=O) groups excluding carboxylic acids is 1. The van der Waals surface area contributed by atoms with E-state index < -0.39 is 4.92 Å². The molecule has 1 amide bonds. The highest BCUT2D eigenvalue weighted by Crippen LogP contribution is 2.29. The van der Waals surface area contributed by atoms with Crippen LogP contribution in [0, 0.1) is 10.1 Å². The Balaban J connectivity index is 1.55. The summed E-state index contributed by atoms with van der Waals surface area (Å²) in [6, 6.07) is 14.0. The van der Waals surface area contributed by atoms with Crippen molar-refractivity contribution in [1.82, 2.24) is 9.78 Å². The van der Waals surface area contributed by atoms with Crippen molar-refractivity contribution in [2.75, 3.05) is 18.2 Å². The number of aromatic nitrogens is 2. The van der Waals surface area contributed by atoms with Crippen molar-refractivity contribution < 1.29 is 14.5 Å². The second-order valence-electron chi connectivity index (χ2n) is 5.81. The largest absolute Gasteiger partial charge is 0.490 e. The second kappa shape index (κ2) is 9.05. The van der Waals surface area contributed by atoms with Crippen LogP contribution < -0.4 is 10.1 Å². The molecule has 0 bridgehead atoms. The van der Waals surface area contributed by atoms with Gasteiger partial charge in [-0.1, -0.05) is 12.1 Å². The van der Waals surface area contributed by atoms with Crippen LogP contribution in [0.15, 0.2) is 60.9 Å². The van der Waals surface area contributed by atoms with Gasteiger partial charge in [0, 0.05) is 29.9 Å². The molecule has 0 unspecified atom stereocenters. The van der Waals surface area contributed by atoms with Gasteiger partial charge in [0.25, 0.3) is 0 Å². The van der Waals surface area contributed by atoms with Crippen LogP contribution in [0.25, 0.3) is 5.69 Å². The van der Waals surface area contributed by atoms with E-state index in [9.17, 15) is 14.9 Å². The second-order valence-corrected chi connectivity index (χ2v) is 6.79. The maximum absolute atomic E-state index is 12.2. The fourth-order valence-electron chi connectivity index (χ4n) is 2.57. The zero-order valence-corrected chi connectivity index (χ0v) is 15.9. The standard InChI is InChI=1S/C19H18N4O4S/c1-27-18-7-6-14(10-17(18)23(25)26)12-28-13-19(24)21-15-4-2-5-16(11-15)22-9-3-8-20-22/h2-11H,12-13H2,1H3,(H,21,24). The molecule has 0 aliphatic rings. The third-order valence-corrected chi connectivity index (χ3v) is 4.84. The summed E-state index contributed by atoms with van der Waals surface area (Å²) in [4.78, 5) is 22.8. The maximum Gasteiger partial charge on any atom is 0.311 e. The van der Waals surface area contributed by atoms with Gasteiger partial charge in [-0.15, -0.1) is 11.8 Å². The van der Waals surface area contributed by atoms with Gasteiger partial charge in [0.15, 0.2) is 5.75 Å². The minimum atomic E-state index is -0.480. The topological polar surface area (TPSA) is 99.3 Å². The molecule has 1 N–H and O–H groups in total. The van der Waals surface area contributed by atoms with Crippen LogP contribution in [0.5, 0.6) is 5.75 Å². The SMILES string of the molecule is COc1ccc(CSCC(=O)Nc2cccc(-n3cccn3)c2)cc1[N+](=O)[O-]. The summed E-state index contributed by atoms with van der Waals surface area (Å²) in [7, 11) is 1.39. The van der Waals surface area contributed by atoms with Gasteiger partial charge >= 0.3 is 5.69 Å². The smallest absolute Gasteiger partial charge is 0.311 e. The highest BCUT2D eigenvalue weighted by Gasteiger charge is 2.15. The van der Waals surface area contributed by atoms with E-state index in [4.69, 9.17) is 4.74 Å². The van der Waals surface area contributed by atoms with Crippen LogP contribution in [0.2, 0.25) is 0 Å². The van der Waals surface area contributed by atoms with E-state index >= 15 is 0 Å². The van der Waals surface area contributed by atoms with E-state index in [-0.39, 0.29) is 23.1 Å². The molecule has 1 aromatic heterocycles. The van der Waals surface area contributed by atoms with Crippen molar-refractivity contribution in [2.24, 2.45) is 0 Å². The quantitative estimate of drug-likeness (QED) is 0.459. The summed E-state index contributed by atoms with van der Waals surface area (Å²) in [5, 5.41) is 18.1. The summed E-state index contributed by atoms with van der Waals surface area (Å²) in [5.74, 6) is 0.774. The number of amides is 1. The molecule has 0 aliphatic heterocycles. The van der Waals surface area contributed by atoms with Crippen LogP contribution in [0.3, 0.4) is 0 Å². The molecule has 2 aromatic carbocycles. The van der Waals surface area contributed by atoms with Crippen LogP contribution in [0.1, 0.15) is 5.56 Å². The Hall–Kier alpha value is -3.33. The first-order chi connectivity index (χ1) is 13.6. The highest BCUT2D eigenvalue weighted by molar-refractivity contribution is 7.99. The Morgan fingerprint density at radius 2 is 2.14 bits per heavy atom. The van der Waals surface area contributed by atoms with Crippen molar-refractivity contribution in [3.63, 3.8) is 0 Å². The Kier molecular flexibility index (Phi) is 6.28. The molecular formula is C19H18N4O4S. The average Bonchev–Trinajstić information content (AvgIpc) is 3.23. The highest BCUT2D eigenvalue weighted by atomic mass is 32.2. The number of carbonyl (C=O) groups is 1.